The normalized spacial score (nSPS) is 17.0. The molecular weight excluding hydrogens is 1220 g/mol. The Morgan fingerprint density at radius 1 is 0.570 bits per heavy atom. The number of carboxylic acid groups (broad SMARTS) is 1. The van der Waals surface area contributed by atoms with Gasteiger partial charge in [-0.25, -0.2) is 4.79 Å². The number of aliphatic imine (C=N–C) groups is 1. The summed E-state index contributed by atoms with van der Waals surface area (Å²) in [6, 6.07) is 2.18. The Kier molecular flexibility index (Phi) is 33.9. The fourth-order valence-corrected chi connectivity index (χ4v) is 11.4. The summed E-state index contributed by atoms with van der Waals surface area (Å²) in [5.74, 6) is -8.15. The third kappa shape index (κ3) is 26.4. The molecule has 19 N–H and O–H groups in total. The fourth-order valence-electron chi connectivity index (χ4n) is 10.9. The molecule has 2 saturated heterocycles. The predicted octanol–water partition coefficient (Wildman–Crippen LogP) is -1.36. The Balaban J connectivity index is 1.51. The number of likely N-dealkylation sites (tertiary alicyclic amines) is 2. The van der Waals surface area contributed by atoms with E-state index < -0.39 is 132 Å². The molecule has 2 aliphatic rings. The summed E-state index contributed by atoms with van der Waals surface area (Å²) in [6.07, 6.45) is 6.36. The molecule has 0 radical (unpaired) electrons. The van der Waals surface area contributed by atoms with Gasteiger partial charge in [0.2, 0.25) is 59.1 Å². The number of phenolic OH excluding ortho intramolecular Hbond substituents is 1. The van der Waals surface area contributed by atoms with Gasteiger partial charge in [-0.15, -0.1) is 0 Å². The fraction of sp³-hybridized carbons (Fsp3) is 0.619. The molecule has 0 saturated carbocycles. The maximum Gasteiger partial charge on any atom is 0.326 e. The van der Waals surface area contributed by atoms with Gasteiger partial charge < -0.3 is 90.6 Å². The first-order valence-corrected chi connectivity index (χ1v) is 33.4. The molecule has 10 amide bonds. The maximum atomic E-state index is 14.9. The highest BCUT2D eigenvalue weighted by Crippen LogP contribution is 2.24. The summed E-state index contributed by atoms with van der Waals surface area (Å²) < 4.78 is 0. The number of hydrogen-bond acceptors (Lipinski definition) is 17. The number of carbonyl (C=O) groups excluding carboxylic acids is 10. The van der Waals surface area contributed by atoms with E-state index in [-0.39, 0.29) is 108 Å². The summed E-state index contributed by atoms with van der Waals surface area (Å²) in [5.41, 5.74) is 23.3. The van der Waals surface area contributed by atoms with Gasteiger partial charge in [-0.2, -0.15) is 11.8 Å². The van der Waals surface area contributed by atoms with Crippen molar-refractivity contribution in [2.24, 2.45) is 33.8 Å². The van der Waals surface area contributed by atoms with Gasteiger partial charge in [0.05, 0.1) is 6.61 Å². The highest BCUT2D eigenvalue weighted by Gasteiger charge is 2.43. The molecule has 516 valence electrons. The van der Waals surface area contributed by atoms with E-state index in [2.05, 4.69) is 47.5 Å². The van der Waals surface area contributed by atoms with Crippen molar-refractivity contribution in [3.63, 3.8) is 0 Å². The van der Waals surface area contributed by atoms with Crippen LogP contribution in [-0.2, 0) is 65.6 Å². The third-order valence-corrected chi connectivity index (χ3v) is 16.6. The molecule has 30 heteroatoms. The summed E-state index contributed by atoms with van der Waals surface area (Å²) in [5, 5.41) is 51.5. The topological polar surface area (TPSA) is 468 Å². The molecule has 0 unspecified atom stereocenters. The van der Waals surface area contributed by atoms with Crippen molar-refractivity contribution in [3.05, 3.63) is 65.7 Å². The van der Waals surface area contributed by atoms with E-state index in [0.717, 1.165) is 0 Å². The van der Waals surface area contributed by atoms with E-state index in [1.165, 1.54) is 40.6 Å². The summed E-state index contributed by atoms with van der Waals surface area (Å²) >= 11 is 1.42. The Morgan fingerprint density at radius 3 is 1.61 bits per heavy atom. The standard InChI is InChI=1S/C63H99N15O14S/c1-38(2)34-46(54(83)69-39(3)53(82)73-45(62(91)92)19-13-30-68-63(66)67)75-59(88)51-21-15-32-78(51)61(90)44(27-33-93-4)72-58(87)50-20-14-31-77(50)60(89)43(18-10-12-29-65)71-56(85)48(35-40-16-7-5-8-17-40)74-57(86)49(37-79)76-55(84)47(36-41-23-25-42(80)26-24-41)70-52(81)22-9-6-11-28-64/h5,7-8,16-17,23-26,38-39,43-51,79-80H,6,9-15,18-22,27-37,64-65H2,1-4H3,(H,69,83)(H,70,81)(H,71,85)(H,72,87)(H,73,82)(H,74,86)(H,75,88)(H,76,84)(H,91,92)(H4,66,67,68)/t39-,43-,44-,45+,46+,47-,48-,49-,50+,51-/m0/s1. The number of nitrogens with one attached hydrogen (secondary N) is 8. The largest absolute Gasteiger partial charge is 0.508 e. The van der Waals surface area contributed by atoms with Crippen LogP contribution < -0.4 is 65.5 Å². The second-order valence-corrected chi connectivity index (χ2v) is 24.9. The maximum absolute atomic E-state index is 14.9. The molecule has 0 spiro atoms. The van der Waals surface area contributed by atoms with Crippen LogP contribution in [0.3, 0.4) is 0 Å². The van der Waals surface area contributed by atoms with Gasteiger partial charge in [0.15, 0.2) is 5.96 Å². The first kappa shape index (κ1) is 77.4. The Morgan fingerprint density at radius 2 is 1.06 bits per heavy atom. The van der Waals surface area contributed by atoms with Crippen LogP contribution in [0.25, 0.3) is 0 Å². The van der Waals surface area contributed by atoms with Gasteiger partial charge in [0.25, 0.3) is 0 Å². The van der Waals surface area contributed by atoms with Crippen molar-refractivity contribution in [2.45, 2.75) is 190 Å². The van der Waals surface area contributed by atoms with Crippen molar-refractivity contribution in [2.75, 3.05) is 51.3 Å². The second-order valence-electron chi connectivity index (χ2n) is 23.9. The second kappa shape index (κ2) is 40.8. The zero-order valence-electron chi connectivity index (χ0n) is 53.9. The smallest absolute Gasteiger partial charge is 0.326 e. The van der Waals surface area contributed by atoms with Crippen molar-refractivity contribution in [1.29, 1.82) is 0 Å². The number of phenols is 1. The molecule has 2 fully saturated rings. The van der Waals surface area contributed by atoms with Crippen molar-refractivity contribution >= 4 is 82.8 Å². The van der Waals surface area contributed by atoms with E-state index in [1.54, 1.807) is 42.5 Å². The van der Waals surface area contributed by atoms with Gasteiger partial charge in [0.1, 0.15) is 66.2 Å². The van der Waals surface area contributed by atoms with Crippen LogP contribution in [-0.4, -0.2) is 208 Å². The minimum atomic E-state index is -1.62. The zero-order chi connectivity index (χ0) is 68.6. The van der Waals surface area contributed by atoms with E-state index in [1.807, 2.05) is 20.1 Å². The van der Waals surface area contributed by atoms with Crippen LogP contribution in [0.4, 0.5) is 0 Å². The molecule has 2 heterocycles. The van der Waals surface area contributed by atoms with Crippen LogP contribution >= 0.6 is 11.8 Å². The van der Waals surface area contributed by atoms with E-state index in [9.17, 15) is 68.1 Å². The molecule has 29 nitrogen and oxygen atoms in total. The molecule has 0 aliphatic carbocycles. The number of nitrogens with zero attached hydrogens (tertiary/aromatic N) is 3. The van der Waals surface area contributed by atoms with Crippen LogP contribution in [0.15, 0.2) is 59.6 Å². The Bertz CT molecular complexity index is 2820. The lowest BCUT2D eigenvalue weighted by atomic mass is 10.0. The van der Waals surface area contributed by atoms with Gasteiger partial charge in [0, 0.05) is 38.9 Å². The molecule has 0 aromatic heterocycles. The van der Waals surface area contributed by atoms with Gasteiger partial charge >= 0.3 is 5.97 Å². The number of aromatic hydroxyl groups is 1. The summed E-state index contributed by atoms with van der Waals surface area (Å²) in [4.78, 5) is 160. The Hall–Kier alpha value is -8.09. The number of aliphatic hydroxyl groups excluding tert-OH is 1. The number of hydrogen-bond donors (Lipinski definition) is 15. The molecule has 0 bridgehead atoms. The number of benzene rings is 2. The zero-order valence-corrected chi connectivity index (χ0v) is 54.7. The molecular formula is C63H99N15O14S. The number of carboxylic acids is 1. The minimum absolute atomic E-state index is 0.000736. The number of guanidine groups is 1. The van der Waals surface area contributed by atoms with Crippen LogP contribution in [0, 0.1) is 5.92 Å². The van der Waals surface area contributed by atoms with E-state index in [4.69, 9.17) is 22.9 Å². The number of aliphatic carboxylic acids is 1. The number of unbranched alkanes of at least 4 members (excludes halogenated alkanes) is 3. The van der Waals surface area contributed by atoms with Crippen LogP contribution in [0.2, 0.25) is 0 Å². The molecule has 10 atom stereocenters. The van der Waals surface area contributed by atoms with Crippen molar-refractivity contribution < 1.29 is 68.1 Å². The summed E-state index contributed by atoms with van der Waals surface area (Å²) in [7, 11) is 0. The number of aliphatic hydroxyl groups is 1. The lowest BCUT2D eigenvalue weighted by Crippen LogP contribution is -2.61. The van der Waals surface area contributed by atoms with Crippen LogP contribution in [0.5, 0.6) is 5.75 Å². The molecule has 2 aromatic carbocycles. The number of nitrogens with two attached hydrogens (primary N) is 4. The molecule has 93 heavy (non-hydrogen) atoms. The lowest BCUT2D eigenvalue weighted by Gasteiger charge is -2.32. The highest BCUT2D eigenvalue weighted by molar-refractivity contribution is 7.98. The molecule has 2 aliphatic heterocycles. The van der Waals surface area contributed by atoms with Gasteiger partial charge in [-0.05, 0) is 145 Å². The van der Waals surface area contributed by atoms with Crippen LogP contribution in [0.1, 0.15) is 128 Å². The lowest BCUT2D eigenvalue weighted by molar-refractivity contribution is -0.145. The van der Waals surface area contributed by atoms with E-state index >= 15 is 0 Å². The highest BCUT2D eigenvalue weighted by atomic mass is 32.2. The average molecular weight is 1320 g/mol. The number of rotatable bonds is 41. The Labute approximate surface area is 548 Å². The SMILES string of the molecule is CSCC[C@H](NC(=O)[C@H]1CCCN1C(=O)[C@H](CCCCN)NC(=O)[C@H](Cc1ccccc1)NC(=O)[C@H](CO)NC(=O)[C@H](Cc1ccc(O)cc1)NC(=O)CCCCCN)C(=O)N1CCC[C@H]1C(=O)N[C@H](CC(C)C)C(=O)N[C@@H](C)C(=O)N[C@H](CCCN=C(N)N)C(=O)O. The van der Waals surface area contributed by atoms with Crippen molar-refractivity contribution in [1.82, 2.24) is 52.3 Å². The predicted molar refractivity (Wildman–Crippen MR) is 350 cm³/mol. The van der Waals surface area contributed by atoms with Gasteiger partial charge in [-0.1, -0.05) is 62.7 Å². The third-order valence-electron chi connectivity index (χ3n) is 16.0. The average Bonchev–Trinajstić information content (AvgIpc) is 1.89. The minimum Gasteiger partial charge on any atom is -0.508 e. The number of thioether (sulfide) groups is 1. The number of carbonyl (C=O) groups is 11. The quantitative estimate of drug-likeness (QED) is 0.0208. The first-order valence-electron chi connectivity index (χ1n) is 32.0. The van der Waals surface area contributed by atoms with Gasteiger partial charge in [-0.3, -0.25) is 52.9 Å². The summed E-state index contributed by atoms with van der Waals surface area (Å²) in [6.45, 7) is 5.22. The first-order chi connectivity index (χ1) is 44.4. The van der Waals surface area contributed by atoms with E-state index in [0.29, 0.717) is 68.4 Å². The van der Waals surface area contributed by atoms with Crippen molar-refractivity contribution in [3.8, 4) is 5.75 Å². The monoisotopic (exact) mass is 1320 g/mol. The molecule has 2 aromatic rings. The number of amides is 10. The molecule has 4 rings (SSSR count).